The molecule has 0 bridgehead atoms. The summed E-state index contributed by atoms with van der Waals surface area (Å²) < 4.78 is 25.3. The monoisotopic (exact) mass is 253 g/mol. The van der Waals surface area contributed by atoms with E-state index >= 15 is 0 Å². The van der Waals surface area contributed by atoms with Crippen molar-refractivity contribution >= 4 is 15.9 Å². The molecule has 17 heavy (non-hydrogen) atoms. The summed E-state index contributed by atoms with van der Waals surface area (Å²) in [5.74, 6) is -0.174. The topological polar surface area (TPSA) is 54.5 Å². The molecule has 1 aliphatic heterocycles. The fraction of sp³-hybridized carbons (Fsp3) is 0.583. The highest BCUT2D eigenvalue weighted by atomic mass is 32.2. The molecule has 3 rings (SSSR count). The summed E-state index contributed by atoms with van der Waals surface area (Å²) in [5.41, 5.74) is 0.891. The second-order valence-electron chi connectivity index (χ2n) is 4.95. The first-order chi connectivity index (χ1) is 8.03. The van der Waals surface area contributed by atoms with Gasteiger partial charge in [-0.3, -0.25) is 4.79 Å². The van der Waals surface area contributed by atoms with Crippen molar-refractivity contribution in [3.8, 4) is 0 Å². The zero-order chi connectivity index (χ0) is 12.2. The predicted molar refractivity (Wildman–Crippen MR) is 63.3 cm³/mol. The SMILES string of the molecule is CN1C(=O)C2CCCC3CC=CC(=C32)S1(=O)=O. The molecule has 0 saturated heterocycles. The van der Waals surface area contributed by atoms with Gasteiger partial charge in [-0.05, 0) is 36.8 Å². The van der Waals surface area contributed by atoms with Gasteiger partial charge in [0.1, 0.15) is 0 Å². The lowest BCUT2D eigenvalue weighted by Crippen LogP contribution is -2.46. The molecule has 2 atom stereocenters. The zero-order valence-corrected chi connectivity index (χ0v) is 10.5. The highest BCUT2D eigenvalue weighted by Crippen LogP contribution is 2.46. The van der Waals surface area contributed by atoms with E-state index in [4.69, 9.17) is 0 Å². The number of rotatable bonds is 0. The molecule has 0 aromatic heterocycles. The number of hydrogen-bond donors (Lipinski definition) is 0. The van der Waals surface area contributed by atoms with Gasteiger partial charge in [0.25, 0.3) is 10.0 Å². The van der Waals surface area contributed by atoms with Crippen LogP contribution in [0.25, 0.3) is 0 Å². The summed E-state index contributed by atoms with van der Waals surface area (Å²) >= 11 is 0. The molecule has 92 valence electrons. The second kappa shape index (κ2) is 3.45. The molecule has 5 heteroatoms. The minimum absolute atomic E-state index is 0.192. The Bertz CT molecular complexity index is 544. The van der Waals surface area contributed by atoms with E-state index in [2.05, 4.69) is 0 Å². The Hall–Kier alpha value is -1.10. The van der Waals surface area contributed by atoms with Crippen LogP contribution >= 0.6 is 0 Å². The fourth-order valence-electron chi connectivity index (χ4n) is 3.19. The molecule has 2 aliphatic carbocycles. The van der Waals surface area contributed by atoms with Crippen molar-refractivity contribution in [1.29, 1.82) is 0 Å². The van der Waals surface area contributed by atoms with Gasteiger partial charge in [-0.25, -0.2) is 12.7 Å². The first kappa shape index (κ1) is 11.0. The van der Waals surface area contributed by atoms with Crippen LogP contribution in [-0.4, -0.2) is 25.7 Å². The normalized spacial score (nSPS) is 34.9. The van der Waals surface area contributed by atoms with Crippen molar-refractivity contribution in [2.75, 3.05) is 7.05 Å². The molecule has 1 saturated carbocycles. The lowest BCUT2D eigenvalue weighted by Gasteiger charge is -2.40. The predicted octanol–water partition coefficient (Wildman–Crippen LogP) is 1.42. The largest absolute Gasteiger partial charge is 0.273 e. The van der Waals surface area contributed by atoms with Gasteiger partial charge in [-0.2, -0.15) is 0 Å². The minimum atomic E-state index is -3.58. The molecule has 0 radical (unpaired) electrons. The van der Waals surface area contributed by atoms with Crippen LogP contribution in [0.15, 0.2) is 22.6 Å². The third-order valence-electron chi connectivity index (χ3n) is 4.08. The van der Waals surface area contributed by atoms with E-state index in [9.17, 15) is 13.2 Å². The summed E-state index contributed by atoms with van der Waals surface area (Å²) in [5, 5.41) is 0. The highest BCUT2D eigenvalue weighted by Gasteiger charge is 2.46. The van der Waals surface area contributed by atoms with Gasteiger partial charge < -0.3 is 0 Å². The Morgan fingerprint density at radius 3 is 2.88 bits per heavy atom. The maximum absolute atomic E-state index is 12.2. The minimum Gasteiger partial charge on any atom is -0.273 e. The van der Waals surface area contributed by atoms with Crippen molar-refractivity contribution in [2.24, 2.45) is 11.8 Å². The Morgan fingerprint density at radius 1 is 1.35 bits per heavy atom. The van der Waals surface area contributed by atoms with Crippen LogP contribution in [0.3, 0.4) is 0 Å². The number of carbonyl (C=O) groups is 1. The van der Waals surface area contributed by atoms with Crippen LogP contribution in [0, 0.1) is 11.8 Å². The van der Waals surface area contributed by atoms with E-state index in [0.717, 1.165) is 35.6 Å². The van der Waals surface area contributed by atoms with Gasteiger partial charge in [0.05, 0.1) is 10.8 Å². The third kappa shape index (κ3) is 1.35. The maximum Gasteiger partial charge on any atom is 0.266 e. The van der Waals surface area contributed by atoms with E-state index < -0.39 is 10.0 Å². The van der Waals surface area contributed by atoms with Gasteiger partial charge in [-0.1, -0.05) is 12.5 Å². The molecule has 0 aromatic rings. The summed E-state index contributed by atoms with van der Waals surface area (Å²) in [6.07, 6.45) is 7.30. The molecule has 3 aliphatic rings. The average Bonchev–Trinajstić information content (AvgIpc) is 2.34. The molecule has 1 heterocycles. The molecule has 1 amide bonds. The van der Waals surface area contributed by atoms with Crippen LogP contribution in [0.5, 0.6) is 0 Å². The fourth-order valence-corrected chi connectivity index (χ4v) is 4.73. The Labute approximate surface area is 101 Å². The maximum atomic E-state index is 12.2. The standard InChI is InChI=1S/C12H15NO3S/c1-13-12(14)9-6-2-4-8-5-3-7-10(11(8)9)17(13,15)16/h3,7-9H,2,4-6H2,1H3. The van der Waals surface area contributed by atoms with Crippen LogP contribution in [0.2, 0.25) is 0 Å². The summed E-state index contributed by atoms with van der Waals surface area (Å²) in [6.45, 7) is 0. The molecular formula is C12H15NO3S. The first-order valence-corrected chi connectivity index (χ1v) is 7.41. The lowest BCUT2D eigenvalue weighted by molar-refractivity contribution is -0.129. The van der Waals surface area contributed by atoms with E-state index in [1.807, 2.05) is 6.08 Å². The Morgan fingerprint density at radius 2 is 2.12 bits per heavy atom. The first-order valence-electron chi connectivity index (χ1n) is 5.97. The number of amides is 1. The second-order valence-corrected chi connectivity index (χ2v) is 6.89. The number of nitrogens with zero attached hydrogens (tertiary/aromatic N) is 1. The quantitative estimate of drug-likeness (QED) is 0.656. The van der Waals surface area contributed by atoms with Crippen LogP contribution in [0.1, 0.15) is 25.7 Å². The van der Waals surface area contributed by atoms with Gasteiger partial charge in [0, 0.05) is 7.05 Å². The molecule has 1 fully saturated rings. The zero-order valence-electron chi connectivity index (χ0n) is 9.72. The Kier molecular flexibility index (Phi) is 2.23. The molecule has 0 aromatic carbocycles. The van der Waals surface area contributed by atoms with Crippen LogP contribution in [-0.2, 0) is 14.8 Å². The van der Waals surface area contributed by atoms with Crippen molar-refractivity contribution in [2.45, 2.75) is 25.7 Å². The molecule has 0 N–H and O–H groups in total. The van der Waals surface area contributed by atoms with Crippen molar-refractivity contribution in [3.05, 3.63) is 22.6 Å². The van der Waals surface area contributed by atoms with E-state index in [1.165, 1.54) is 7.05 Å². The molecule has 0 spiro atoms. The van der Waals surface area contributed by atoms with Crippen LogP contribution in [0.4, 0.5) is 0 Å². The van der Waals surface area contributed by atoms with E-state index in [1.54, 1.807) is 6.08 Å². The van der Waals surface area contributed by atoms with Crippen molar-refractivity contribution in [1.82, 2.24) is 4.31 Å². The van der Waals surface area contributed by atoms with Gasteiger partial charge >= 0.3 is 0 Å². The Balaban J connectivity index is 2.26. The van der Waals surface area contributed by atoms with Gasteiger partial charge in [0.15, 0.2) is 0 Å². The lowest BCUT2D eigenvalue weighted by atomic mass is 9.73. The van der Waals surface area contributed by atoms with E-state index in [0.29, 0.717) is 4.91 Å². The number of sulfonamides is 1. The third-order valence-corrected chi connectivity index (χ3v) is 5.91. The summed E-state index contributed by atoms with van der Waals surface area (Å²) in [4.78, 5) is 12.5. The summed E-state index contributed by atoms with van der Waals surface area (Å²) in [7, 11) is -2.21. The molecular weight excluding hydrogens is 238 g/mol. The van der Waals surface area contributed by atoms with Crippen molar-refractivity contribution in [3.63, 3.8) is 0 Å². The van der Waals surface area contributed by atoms with Gasteiger partial charge in [0.2, 0.25) is 5.91 Å². The number of allylic oxidation sites excluding steroid dienone is 2. The average molecular weight is 253 g/mol. The summed E-state index contributed by atoms with van der Waals surface area (Å²) in [6, 6.07) is 0. The number of carbonyl (C=O) groups excluding carboxylic acids is 1. The highest BCUT2D eigenvalue weighted by molar-refractivity contribution is 7.93. The van der Waals surface area contributed by atoms with Crippen LogP contribution < -0.4 is 0 Å². The molecule has 2 unspecified atom stereocenters. The van der Waals surface area contributed by atoms with Gasteiger partial charge in [-0.15, -0.1) is 0 Å². The van der Waals surface area contributed by atoms with E-state index in [-0.39, 0.29) is 17.7 Å². The number of hydrogen-bond acceptors (Lipinski definition) is 3. The van der Waals surface area contributed by atoms with Crippen molar-refractivity contribution < 1.29 is 13.2 Å². The molecule has 4 nitrogen and oxygen atoms in total. The smallest absolute Gasteiger partial charge is 0.266 e.